The topological polar surface area (TPSA) is 58.6 Å². The van der Waals surface area contributed by atoms with Gasteiger partial charge in [-0.2, -0.15) is 0 Å². The lowest BCUT2D eigenvalue weighted by Crippen LogP contribution is -2.47. The predicted octanol–water partition coefficient (Wildman–Crippen LogP) is 1.11. The third kappa shape index (κ3) is 4.72. The number of nitrogens with zero attached hydrogens (tertiary/aromatic N) is 1. The van der Waals surface area contributed by atoms with Crippen molar-refractivity contribution in [2.75, 3.05) is 20.1 Å². The van der Waals surface area contributed by atoms with Crippen molar-refractivity contribution < 1.29 is 14.3 Å². The van der Waals surface area contributed by atoms with E-state index < -0.39 is 6.04 Å². The molecule has 0 saturated heterocycles. The van der Waals surface area contributed by atoms with E-state index in [1.165, 1.54) is 0 Å². The largest absolute Gasteiger partial charge is 0.461 e. The van der Waals surface area contributed by atoms with Crippen LogP contribution in [0.5, 0.6) is 0 Å². The fourth-order valence-corrected chi connectivity index (χ4v) is 2.13. The SMILES string of the molecule is CN1C/C=C\CNC(=O)[C@H]1CC(=O)OCc1ccccc1. The van der Waals surface area contributed by atoms with E-state index in [2.05, 4.69) is 5.32 Å². The van der Waals surface area contributed by atoms with Gasteiger partial charge in [0.25, 0.3) is 0 Å². The summed E-state index contributed by atoms with van der Waals surface area (Å²) in [6.45, 7) is 1.38. The Hall–Kier alpha value is -2.14. The Morgan fingerprint density at radius 2 is 2.10 bits per heavy atom. The van der Waals surface area contributed by atoms with Gasteiger partial charge < -0.3 is 10.1 Å². The molecule has 1 aromatic rings. The average molecular weight is 288 g/mol. The number of ether oxygens (including phenoxy) is 1. The molecule has 0 aliphatic carbocycles. The zero-order valence-electron chi connectivity index (χ0n) is 12.1. The molecule has 112 valence electrons. The third-order valence-corrected chi connectivity index (χ3v) is 3.39. The Bertz CT molecular complexity index is 514. The van der Waals surface area contributed by atoms with E-state index in [4.69, 9.17) is 4.74 Å². The van der Waals surface area contributed by atoms with Crippen LogP contribution < -0.4 is 5.32 Å². The molecule has 2 rings (SSSR count). The summed E-state index contributed by atoms with van der Waals surface area (Å²) in [7, 11) is 1.82. The van der Waals surface area contributed by atoms with E-state index in [0.29, 0.717) is 13.1 Å². The van der Waals surface area contributed by atoms with E-state index in [-0.39, 0.29) is 24.9 Å². The summed E-state index contributed by atoms with van der Waals surface area (Å²) in [4.78, 5) is 25.8. The molecule has 0 spiro atoms. The molecule has 0 unspecified atom stereocenters. The van der Waals surface area contributed by atoms with Gasteiger partial charge in [0.2, 0.25) is 5.91 Å². The van der Waals surface area contributed by atoms with Crippen molar-refractivity contribution in [1.82, 2.24) is 10.2 Å². The minimum absolute atomic E-state index is 0.0585. The molecule has 1 atom stereocenters. The second-order valence-corrected chi connectivity index (χ2v) is 5.02. The molecule has 0 aromatic heterocycles. The molecule has 0 radical (unpaired) electrons. The van der Waals surface area contributed by atoms with Crippen LogP contribution in [0.2, 0.25) is 0 Å². The first-order valence-corrected chi connectivity index (χ1v) is 6.99. The van der Waals surface area contributed by atoms with E-state index in [9.17, 15) is 9.59 Å². The van der Waals surface area contributed by atoms with E-state index in [1.807, 2.05) is 54.4 Å². The van der Waals surface area contributed by atoms with Gasteiger partial charge in [-0.15, -0.1) is 0 Å². The lowest BCUT2D eigenvalue weighted by molar-refractivity contribution is -0.148. The first-order valence-electron chi connectivity index (χ1n) is 6.99. The molecule has 1 aliphatic heterocycles. The highest BCUT2D eigenvalue weighted by atomic mass is 16.5. The van der Waals surface area contributed by atoms with Crippen LogP contribution in [0.1, 0.15) is 12.0 Å². The molecule has 0 bridgehead atoms. The van der Waals surface area contributed by atoms with Crippen LogP contribution in [0.15, 0.2) is 42.5 Å². The van der Waals surface area contributed by atoms with Gasteiger partial charge in [0.1, 0.15) is 6.61 Å². The molecule has 1 amide bonds. The van der Waals surface area contributed by atoms with Crippen molar-refractivity contribution in [2.24, 2.45) is 0 Å². The molecule has 21 heavy (non-hydrogen) atoms. The van der Waals surface area contributed by atoms with Gasteiger partial charge in [-0.25, -0.2) is 0 Å². The second kappa shape index (κ2) is 7.59. The minimum atomic E-state index is -0.488. The van der Waals surface area contributed by atoms with E-state index in [0.717, 1.165) is 5.56 Å². The van der Waals surface area contributed by atoms with Crippen molar-refractivity contribution >= 4 is 11.9 Å². The van der Waals surface area contributed by atoms with Crippen LogP contribution in [-0.4, -0.2) is 43.0 Å². The maximum Gasteiger partial charge on any atom is 0.308 e. The summed E-state index contributed by atoms with van der Waals surface area (Å²) in [5.41, 5.74) is 0.934. The molecule has 1 aliphatic rings. The van der Waals surface area contributed by atoms with Crippen molar-refractivity contribution in [2.45, 2.75) is 19.1 Å². The fraction of sp³-hybridized carbons (Fsp3) is 0.375. The number of esters is 1. The van der Waals surface area contributed by atoms with Gasteiger partial charge in [0.05, 0.1) is 12.5 Å². The van der Waals surface area contributed by atoms with Crippen molar-refractivity contribution in [1.29, 1.82) is 0 Å². The summed E-state index contributed by atoms with van der Waals surface area (Å²) in [5.74, 6) is -0.506. The van der Waals surface area contributed by atoms with Gasteiger partial charge >= 0.3 is 5.97 Å². The summed E-state index contributed by atoms with van der Waals surface area (Å²) in [5, 5.41) is 2.77. The summed E-state index contributed by atoms with van der Waals surface area (Å²) in [6.07, 6.45) is 3.93. The molecule has 0 saturated carbocycles. The summed E-state index contributed by atoms with van der Waals surface area (Å²) < 4.78 is 5.24. The van der Waals surface area contributed by atoms with Crippen LogP contribution in [0.4, 0.5) is 0 Å². The van der Waals surface area contributed by atoms with E-state index >= 15 is 0 Å². The van der Waals surface area contributed by atoms with Crippen LogP contribution in [-0.2, 0) is 20.9 Å². The Kier molecular flexibility index (Phi) is 5.51. The van der Waals surface area contributed by atoms with Crippen molar-refractivity contribution in [3.63, 3.8) is 0 Å². The first-order chi connectivity index (χ1) is 10.2. The first kappa shape index (κ1) is 15.3. The molecular formula is C16H20N2O3. The number of carbonyl (C=O) groups excluding carboxylic acids is 2. The summed E-state index contributed by atoms with van der Waals surface area (Å²) in [6, 6.07) is 9.00. The normalized spacial score (nSPS) is 21.0. The van der Waals surface area contributed by atoms with Gasteiger partial charge in [-0.1, -0.05) is 42.5 Å². The number of carbonyl (C=O) groups is 2. The highest BCUT2D eigenvalue weighted by Gasteiger charge is 2.26. The van der Waals surface area contributed by atoms with Crippen LogP contribution in [0, 0.1) is 0 Å². The lowest BCUT2D eigenvalue weighted by Gasteiger charge is -2.26. The van der Waals surface area contributed by atoms with Gasteiger partial charge in [0, 0.05) is 13.1 Å². The van der Waals surface area contributed by atoms with Crippen LogP contribution in [0.3, 0.4) is 0 Å². The highest BCUT2D eigenvalue weighted by molar-refractivity contribution is 5.86. The van der Waals surface area contributed by atoms with Crippen LogP contribution >= 0.6 is 0 Å². The third-order valence-electron chi connectivity index (χ3n) is 3.39. The van der Waals surface area contributed by atoms with Gasteiger partial charge in [0.15, 0.2) is 0 Å². The second-order valence-electron chi connectivity index (χ2n) is 5.02. The smallest absolute Gasteiger partial charge is 0.308 e. The molecular weight excluding hydrogens is 268 g/mol. The number of nitrogens with one attached hydrogen (secondary N) is 1. The predicted molar refractivity (Wildman–Crippen MR) is 79.4 cm³/mol. The Morgan fingerprint density at radius 3 is 2.86 bits per heavy atom. The monoisotopic (exact) mass is 288 g/mol. The number of rotatable bonds is 4. The number of benzene rings is 1. The average Bonchev–Trinajstić information content (AvgIpc) is 2.49. The molecule has 1 aromatic carbocycles. The number of hydrogen-bond acceptors (Lipinski definition) is 4. The number of amides is 1. The molecule has 5 heteroatoms. The highest BCUT2D eigenvalue weighted by Crippen LogP contribution is 2.08. The van der Waals surface area contributed by atoms with E-state index in [1.54, 1.807) is 0 Å². The maximum absolute atomic E-state index is 12.0. The molecule has 1 heterocycles. The number of likely N-dealkylation sites (N-methyl/N-ethyl adjacent to an activating group) is 1. The van der Waals surface area contributed by atoms with Crippen molar-refractivity contribution in [3.8, 4) is 0 Å². The fourth-order valence-electron chi connectivity index (χ4n) is 2.13. The molecule has 0 fully saturated rings. The Balaban J connectivity index is 1.88. The standard InChI is InChI=1S/C16H20N2O3/c1-18-10-6-5-9-17-16(20)14(18)11-15(19)21-12-13-7-3-2-4-8-13/h2-8,14H,9-12H2,1H3,(H,17,20)/b6-5-/t14-/m1/s1. The Labute approximate surface area is 124 Å². The molecule has 1 N–H and O–H groups in total. The van der Waals surface area contributed by atoms with Crippen LogP contribution in [0.25, 0.3) is 0 Å². The lowest BCUT2D eigenvalue weighted by atomic mass is 10.1. The summed E-state index contributed by atoms with van der Waals surface area (Å²) >= 11 is 0. The Morgan fingerprint density at radius 1 is 1.33 bits per heavy atom. The maximum atomic E-state index is 12.0. The van der Waals surface area contributed by atoms with Gasteiger partial charge in [-0.3, -0.25) is 14.5 Å². The number of hydrogen-bond donors (Lipinski definition) is 1. The quantitative estimate of drug-likeness (QED) is 0.666. The van der Waals surface area contributed by atoms with Crippen molar-refractivity contribution in [3.05, 3.63) is 48.0 Å². The minimum Gasteiger partial charge on any atom is -0.461 e. The zero-order chi connectivity index (χ0) is 15.1. The molecule has 5 nitrogen and oxygen atoms in total. The van der Waals surface area contributed by atoms with Gasteiger partial charge in [-0.05, 0) is 12.6 Å². The zero-order valence-corrected chi connectivity index (χ0v) is 12.1.